The van der Waals surface area contributed by atoms with E-state index in [-0.39, 0.29) is 5.91 Å². The van der Waals surface area contributed by atoms with E-state index in [2.05, 4.69) is 10.2 Å². The van der Waals surface area contributed by atoms with Crippen LogP contribution in [0.25, 0.3) is 11.4 Å². The molecule has 0 N–H and O–H groups in total. The average molecular weight is 355 g/mol. The van der Waals surface area contributed by atoms with Crippen LogP contribution in [0.3, 0.4) is 0 Å². The minimum absolute atomic E-state index is 0.0318. The van der Waals surface area contributed by atoms with Crippen LogP contribution in [-0.2, 0) is 16.1 Å². The zero-order valence-electron chi connectivity index (χ0n) is 13.3. The lowest BCUT2D eigenvalue weighted by Crippen LogP contribution is -2.23. The van der Waals surface area contributed by atoms with Gasteiger partial charge in [0.2, 0.25) is 5.91 Å². The van der Waals surface area contributed by atoms with Gasteiger partial charge in [-0.3, -0.25) is 9.36 Å². The summed E-state index contributed by atoms with van der Waals surface area (Å²) in [5.41, 5.74) is 0.920. The van der Waals surface area contributed by atoms with E-state index in [1.54, 1.807) is 26.1 Å². The Morgan fingerprint density at radius 3 is 2.61 bits per heavy atom. The summed E-state index contributed by atoms with van der Waals surface area (Å²) in [7, 11) is 5.12. The molecular formula is C15H19ClN4O2S. The number of nitrogens with zero attached hydrogens (tertiary/aromatic N) is 4. The van der Waals surface area contributed by atoms with Crippen LogP contribution in [0, 0.1) is 0 Å². The van der Waals surface area contributed by atoms with Gasteiger partial charge in [-0.05, 0) is 24.3 Å². The second kappa shape index (κ2) is 8.33. The summed E-state index contributed by atoms with van der Waals surface area (Å²) in [5.74, 6) is 1.08. The monoisotopic (exact) mass is 354 g/mol. The van der Waals surface area contributed by atoms with Crippen LogP contribution in [0.1, 0.15) is 0 Å². The zero-order chi connectivity index (χ0) is 16.8. The third-order valence-electron chi connectivity index (χ3n) is 3.16. The first-order valence-corrected chi connectivity index (χ1v) is 8.40. The Bertz CT molecular complexity index is 658. The summed E-state index contributed by atoms with van der Waals surface area (Å²) in [6.07, 6.45) is 0. The molecule has 1 aromatic heterocycles. The molecule has 23 heavy (non-hydrogen) atoms. The normalized spacial score (nSPS) is 10.8. The summed E-state index contributed by atoms with van der Waals surface area (Å²) in [6, 6.07) is 7.42. The number of carbonyl (C=O) groups excluding carboxylic acids is 1. The molecule has 1 amide bonds. The van der Waals surface area contributed by atoms with Crippen molar-refractivity contribution in [2.75, 3.05) is 33.6 Å². The second-order valence-electron chi connectivity index (χ2n) is 5.03. The van der Waals surface area contributed by atoms with Crippen LogP contribution in [-0.4, -0.2) is 59.1 Å². The summed E-state index contributed by atoms with van der Waals surface area (Å²) in [6.45, 7) is 1.15. The van der Waals surface area contributed by atoms with Gasteiger partial charge in [-0.1, -0.05) is 23.4 Å². The summed E-state index contributed by atoms with van der Waals surface area (Å²) in [5, 5.41) is 9.84. The van der Waals surface area contributed by atoms with Crippen molar-refractivity contribution >= 4 is 29.3 Å². The Labute approximate surface area is 144 Å². The van der Waals surface area contributed by atoms with E-state index in [0.717, 1.165) is 11.4 Å². The highest BCUT2D eigenvalue weighted by Crippen LogP contribution is 2.25. The van der Waals surface area contributed by atoms with E-state index < -0.39 is 0 Å². The molecular weight excluding hydrogens is 336 g/mol. The third kappa shape index (κ3) is 4.70. The molecule has 0 radical (unpaired) electrons. The van der Waals surface area contributed by atoms with E-state index in [1.165, 1.54) is 11.8 Å². The molecule has 0 aliphatic carbocycles. The highest BCUT2D eigenvalue weighted by molar-refractivity contribution is 7.99. The van der Waals surface area contributed by atoms with Gasteiger partial charge in [0, 0.05) is 31.8 Å². The smallest absolute Gasteiger partial charge is 0.232 e. The molecule has 0 bridgehead atoms. The number of ether oxygens (including phenoxy) is 1. The molecule has 0 fully saturated rings. The van der Waals surface area contributed by atoms with Crippen molar-refractivity contribution < 1.29 is 9.53 Å². The molecule has 0 atom stereocenters. The van der Waals surface area contributed by atoms with Crippen molar-refractivity contribution in [3.63, 3.8) is 0 Å². The standard InChI is InChI=1S/C15H19ClN4O2S/c1-19(2)13(21)10-23-15-18-17-14(20(15)8-9-22-3)11-4-6-12(16)7-5-11/h4-7H,8-10H2,1-3H3. The minimum atomic E-state index is 0.0318. The SMILES string of the molecule is COCCn1c(SCC(=O)N(C)C)nnc1-c1ccc(Cl)cc1. The molecule has 0 unspecified atom stereocenters. The van der Waals surface area contributed by atoms with Crippen LogP contribution in [0.4, 0.5) is 0 Å². The van der Waals surface area contributed by atoms with Gasteiger partial charge >= 0.3 is 0 Å². The Balaban J connectivity index is 2.25. The first-order chi connectivity index (χ1) is 11.0. The maximum Gasteiger partial charge on any atom is 0.232 e. The van der Waals surface area contributed by atoms with E-state index >= 15 is 0 Å². The number of hydrogen-bond acceptors (Lipinski definition) is 5. The Hall–Kier alpha value is -1.57. The fraction of sp³-hybridized carbons (Fsp3) is 0.400. The topological polar surface area (TPSA) is 60.2 Å². The molecule has 2 rings (SSSR count). The number of methoxy groups -OCH3 is 1. The van der Waals surface area contributed by atoms with Gasteiger partial charge in [-0.25, -0.2) is 0 Å². The summed E-state index contributed by atoms with van der Waals surface area (Å²) in [4.78, 5) is 13.3. The van der Waals surface area contributed by atoms with Crippen LogP contribution in [0.2, 0.25) is 5.02 Å². The summed E-state index contributed by atoms with van der Waals surface area (Å²) >= 11 is 7.30. The number of amides is 1. The van der Waals surface area contributed by atoms with Gasteiger partial charge in [0.25, 0.3) is 0 Å². The molecule has 0 saturated carbocycles. The fourth-order valence-electron chi connectivity index (χ4n) is 1.85. The molecule has 6 nitrogen and oxygen atoms in total. The highest BCUT2D eigenvalue weighted by atomic mass is 35.5. The Morgan fingerprint density at radius 1 is 1.30 bits per heavy atom. The van der Waals surface area contributed by atoms with E-state index in [4.69, 9.17) is 16.3 Å². The number of hydrogen-bond donors (Lipinski definition) is 0. The number of benzene rings is 1. The van der Waals surface area contributed by atoms with E-state index in [1.807, 2.05) is 28.8 Å². The number of halogens is 1. The molecule has 8 heteroatoms. The predicted molar refractivity (Wildman–Crippen MR) is 91.8 cm³/mol. The second-order valence-corrected chi connectivity index (χ2v) is 6.41. The molecule has 1 heterocycles. The van der Waals surface area contributed by atoms with Gasteiger partial charge in [-0.2, -0.15) is 0 Å². The largest absolute Gasteiger partial charge is 0.383 e. The number of carbonyl (C=O) groups is 1. The first-order valence-electron chi connectivity index (χ1n) is 7.04. The number of thioether (sulfide) groups is 1. The van der Waals surface area contributed by atoms with Gasteiger partial charge < -0.3 is 9.64 Å². The predicted octanol–water partition coefficient (Wildman–Crippen LogP) is 2.43. The maximum absolute atomic E-state index is 11.8. The lowest BCUT2D eigenvalue weighted by molar-refractivity contribution is -0.125. The van der Waals surface area contributed by atoms with Crippen molar-refractivity contribution in [2.24, 2.45) is 0 Å². The molecule has 124 valence electrons. The van der Waals surface area contributed by atoms with Gasteiger partial charge in [-0.15, -0.1) is 10.2 Å². The fourth-order valence-corrected chi connectivity index (χ4v) is 2.92. The highest BCUT2D eigenvalue weighted by Gasteiger charge is 2.16. The average Bonchev–Trinajstić information content (AvgIpc) is 2.94. The molecule has 2 aromatic rings. The Kier molecular flexibility index (Phi) is 6.44. The summed E-state index contributed by atoms with van der Waals surface area (Å²) < 4.78 is 7.12. The van der Waals surface area contributed by atoms with Gasteiger partial charge in [0.15, 0.2) is 11.0 Å². The van der Waals surface area contributed by atoms with Crippen molar-refractivity contribution in [2.45, 2.75) is 11.7 Å². The molecule has 0 aliphatic rings. The molecule has 1 aromatic carbocycles. The zero-order valence-corrected chi connectivity index (χ0v) is 14.9. The van der Waals surface area contributed by atoms with Crippen molar-refractivity contribution in [3.8, 4) is 11.4 Å². The van der Waals surface area contributed by atoms with Gasteiger partial charge in [0.05, 0.1) is 18.9 Å². The van der Waals surface area contributed by atoms with Gasteiger partial charge in [0.1, 0.15) is 0 Å². The Morgan fingerprint density at radius 2 is 2.00 bits per heavy atom. The lowest BCUT2D eigenvalue weighted by Gasteiger charge is -2.11. The van der Waals surface area contributed by atoms with Crippen LogP contribution in [0.5, 0.6) is 0 Å². The first kappa shape index (κ1) is 17.8. The van der Waals surface area contributed by atoms with Crippen LogP contribution in [0.15, 0.2) is 29.4 Å². The van der Waals surface area contributed by atoms with E-state index in [9.17, 15) is 4.79 Å². The van der Waals surface area contributed by atoms with Crippen molar-refractivity contribution in [1.29, 1.82) is 0 Å². The van der Waals surface area contributed by atoms with E-state index in [0.29, 0.717) is 29.1 Å². The van der Waals surface area contributed by atoms with Crippen molar-refractivity contribution in [1.82, 2.24) is 19.7 Å². The minimum Gasteiger partial charge on any atom is -0.383 e. The maximum atomic E-state index is 11.8. The molecule has 0 aliphatic heterocycles. The lowest BCUT2D eigenvalue weighted by atomic mass is 10.2. The number of rotatable bonds is 7. The quantitative estimate of drug-likeness (QED) is 0.715. The van der Waals surface area contributed by atoms with Crippen LogP contribution >= 0.6 is 23.4 Å². The van der Waals surface area contributed by atoms with Crippen LogP contribution < -0.4 is 0 Å². The number of aromatic nitrogens is 3. The molecule has 0 spiro atoms. The third-order valence-corrected chi connectivity index (χ3v) is 4.37. The molecule has 0 saturated heterocycles. The van der Waals surface area contributed by atoms with Crippen molar-refractivity contribution in [3.05, 3.63) is 29.3 Å².